The van der Waals surface area contributed by atoms with Crippen LogP contribution in [0.15, 0.2) is 66.7 Å². The zero-order valence-electron chi connectivity index (χ0n) is 17.3. The fourth-order valence-electron chi connectivity index (χ4n) is 3.37. The van der Waals surface area contributed by atoms with Gasteiger partial charge in [0.2, 0.25) is 0 Å². The van der Waals surface area contributed by atoms with Crippen LogP contribution in [0.4, 0.5) is 0 Å². The maximum atomic E-state index is 10.6. The van der Waals surface area contributed by atoms with Crippen molar-refractivity contribution in [1.29, 1.82) is 0 Å². The normalized spacial score (nSPS) is 12.2. The van der Waals surface area contributed by atoms with Gasteiger partial charge in [-0.1, -0.05) is 102 Å². The summed E-state index contributed by atoms with van der Waals surface area (Å²) in [5.41, 5.74) is 6.94. The molecule has 0 aromatic heterocycles. The van der Waals surface area contributed by atoms with Gasteiger partial charge >= 0.3 is 0 Å². The second-order valence-electron chi connectivity index (χ2n) is 9.35. The van der Waals surface area contributed by atoms with Crippen molar-refractivity contribution < 1.29 is 5.11 Å². The zero-order valence-corrected chi connectivity index (χ0v) is 17.3. The third-order valence-corrected chi connectivity index (χ3v) is 5.14. The molecular formula is C26H30O. The Balaban J connectivity index is 2.08. The highest BCUT2D eigenvalue weighted by Crippen LogP contribution is 2.39. The van der Waals surface area contributed by atoms with Crippen LogP contribution in [0.5, 0.6) is 5.75 Å². The number of hydrogen-bond acceptors (Lipinski definition) is 1. The van der Waals surface area contributed by atoms with Gasteiger partial charge in [0.05, 0.1) is 0 Å². The first kappa shape index (κ1) is 19.2. The van der Waals surface area contributed by atoms with Gasteiger partial charge in [0, 0.05) is 5.56 Å². The van der Waals surface area contributed by atoms with Crippen molar-refractivity contribution in [1.82, 2.24) is 0 Å². The lowest BCUT2D eigenvalue weighted by atomic mass is 9.84. The molecule has 0 unspecified atom stereocenters. The van der Waals surface area contributed by atoms with Crippen molar-refractivity contribution >= 4 is 0 Å². The SMILES string of the molecule is CC(C)(C)c1ccc(-c2cccc(O)c2-c2ccc(C(C)(C)C)cc2)cc1. The molecule has 0 atom stereocenters. The molecule has 1 nitrogen and oxygen atoms in total. The highest BCUT2D eigenvalue weighted by molar-refractivity contribution is 5.87. The number of rotatable bonds is 2. The van der Waals surface area contributed by atoms with E-state index >= 15 is 0 Å². The third-order valence-electron chi connectivity index (χ3n) is 5.14. The Kier molecular flexibility index (Phi) is 4.90. The molecule has 0 bridgehead atoms. The summed E-state index contributed by atoms with van der Waals surface area (Å²) in [5.74, 6) is 0.316. The first-order valence-corrected chi connectivity index (χ1v) is 9.61. The van der Waals surface area contributed by atoms with Crippen molar-refractivity contribution in [2.45, 2.75) is 52.4 Å². The quantitative estimate of drug-likeness (QED) is 0.509. The number of benzene rings is 3. The van der Waals surface area contributed by atoms with Crippen LogP contribution in [0.3, 0.4) is 0 Å². The van der Waals surface area contributed by atoms with Crippen LogP contribution in [-0.4, -0.2) is 5.11 Å². The monoisotopic (exact) mass is 358 g/mol. The van der Waals surface area contributed by atoms with E-state index in [1.54, 1.807) is 6.07 Å². The van der Waals surface area contributed by atoms with Crippen LogP contribution in [0.1, 0.15) is 52.7 Å². The van der Waals surface area contributed by atoms with Crippen LogP contribution >= 0.6 is 0 Å². The molecule has 0 aliphatic rings. The minimum absolute atomic E-state index is 0.114. The van der Waals surface area contributed by atoms with Crippen LogP contribution < -0.4 is 0 Å². The second kappa shape index (κ2) is 6.88. The molecule has 1 heteroatoms. The van der Waals surface area contributed by atoms with Crippen molar-refractivity contribution in [2.75, 3.05) is 0 Å². The Labute approximate surface area is 163 Å². The van der Waals surface area contributed by atoms with Gasteiger partial charge in [-0.3, -0.25) is 0 Å². The predicted octanol–water partition coefficient (Wildman–Crippen LogP) is 7.32. The summed E-state index contributed by atoms with van der Waals surface area (Å²) in [5, 5.41) is 10.6. The Bertz CT molecular complexity index is 918. The van der Waals surface area contributed by atoms with Crippen molar-refractivity contribution in [2.24, 2.45) is 0 Å². The summed E-state index contributed by atoms with van der Waals surface area (Å²) < 4.78 is 0. The van der Waals surface area contributed by atoms with Crippen LogP contribution in [0.25, 0.3) is 22.3 Å². The number of phenolic OH excluding ortho intramolecular Hbond substituents is 1. The summed E-state index contributed by atoms with van der Waals surface area (Å²) in [6.45, 7) is 13.3. The van der Waals surface area contributed by atoms with E-state index in [0.717, 1.165) is 22.3 Å². The number of phenols is 1. The van der Waals surface area contributed by atoms with E-state index in [1.165, 1.54) is 11.1 Å². The molecule has 1 N–H and O–H groups in total. The van der Waals surface area contributed by atoms with E-state index in [-0.39, 0.29) is 10.8 Å². The van der Waals surface area contributed by atoms with Crippen LogP contribution in [0, 0.1) is 0 Å². The third kappa shape index (κ3) is 4.08. The van der Waals surface area contributed by atoms with Crippen molar-refractivity contribution in [3.63, 3.8) is 0 Å². The highest BCUT2D eigenvalue weighted by atomic mass is 16.3. The van der Waals surface area contributed by atoms with E-state index in [4.69, 9.17) is 0 Å². The maximum Gasteiger partial charge on any atom is 0.124 e. The molecule has 140 valence electrons. The summed E-state index contributed by atoms with van der Waals surface area (Å²) in [6, 6.07) is 23.0. The maximum absolute atomic E-state index is 10.6. The van der Waals surface area contributed by atoms with Gasteiger partial charge in [-0.2, -0.15) is 0 Å². The molecule has 3 aromatic carbocycles. The molecule has 0 saturated heterocycles. The minimum atomic E-state index is 0.114. The average Bonchev–Trinajstić information content (AvgIpc) is 2.60. The molecule has 0 radical (unpaired) electrons. The van der Waals surface area contributed by atoms with E-state index < -0.39 is 0 Å². The zero-order chi connectivity index (χ0) is 19.8. The van der Waals surface area contributed by atoms with Crippen LogP contribution in [-0.2, 0) is 10.8 Å². The van der Waals surface area contributed by atoms with Gasteiger partial charge in [-0.15, -0.1) is 0 Å². The molecule has 0 fully saturated rings. The van der Waals surface area contributed by atoms with E-state index in [1.807, 2.05) is 6.07 Å². The fourth-order valence-corrected chi connectivity index (χ4v) is 3.37. The summed E-state index contributed by atoms with van der Waals surface area (Å²) in [4.78, 5) is 0. The molecule has 0 aliphatic carbocycles. The molecule has 0 heterocycles. The Morgan fingerprint density at radius 2 is 1.00 bits per heavy atom. The van der Waals surface area contributed by atoms with E-state index in [2.05, 4.69) is 96.1 Å². The van der Waals surface area contributed by atoms with Crippen LogP contribution in [0.2, 0.25) is 0 Å². The Morgan fingerprint density at radius 1 is 0.556 bits per heavy atom. The summed E-state index contributed by atoms with van der Waals surface area (Å²) in [6.07, 6.45) is 0. The molecule has 0 amide bonds. The first-order chi connectivity index (χ1) is 12.6. The highest BCUT2D eigenvalue weighted by Gasteiger charge is 2.17. The first-order valence-electron chi connectivity index (χ1n) is 9.61. The number of hydrogen-bond donors (Lipinski definition) is 1. The Morgan fingerprint density at radius 3 is 1.44 bits per heavy atom. The van der Waals surface area contributed by atoms with Gasteiger partial charge in [0.1, 0.15) is 5.75 Å². The smallest absolute Gasteiger partial charge is 0.124 e. The van der Waals surface area contributed by atoms with Crippen molar-refractivity contribution in [3.05, 3.63) is 77.9 Å². The molecule has 3 rings (SSSR count). The van der Waals surface area contributed by atoms with E-state index in [9.17, 15) is 5.11 Å². The average molecular weight is 359 g/mol. The van der Waals surface area contributed by atoms with Gasteiger partial charge in [-0.05, 0) is 44.7 Å². The Hall–Kier alpha value is -2.54. The molecular weight excluding hydrogens is 328 g/mol. The fraction of sp³-hybridized carbons (Fsp3) is 0.308. The molecule has 0 saturated carbocycles. The molecule has 0 spiro atoms. The van der Waals surface area contributed by atoms with Gasteiger partial charge in [0.25, 0.3) is 0 Å². The minimum Gasteiger partial charge on any atom is -0.507 e. The lowest BCUT2D eigenvalue weighted by Crippen LogP contribution is -2.10. The standard InChI is InChI=1S/C26H30O/c1-25(2,3)20-14-10-18(11-15-20)22-8-7-9-23(27)24(22)19-12-16-21(17-13-19)26(4,5)6/h7-17,27H,1-6H3. The molecule has 27 heavy (non-hydrogen) atoms. The van der Waals surface area contributed by atoms with Gasteiger partial charge < -0.3 is 5.11 Å². The lowest BCUT2D eigenvalue weighted by molar-refractivity contribution is 0.477. The topological polar surface area (TPSA) is 20.2 Å². The summed E-state index contributed by atoms with van der Waals surface area (Å²) >= 11 is 0. The number of aromatic hydroxyl groups is 1. The molecule has 0 aliphatic heterocycles. The van der Waals surface area contributed by atoms with Gasteiger partial charge in [-0.25, -0.2) is 0 Å². The van der Waals surface area contributed by atoms with Gasteiger partial charge in [0.15, 0.2) is 0 Å². The largest absolute Gasteiger partial charge is 0.507 e. The second-order valence-corrected chi connectivity index (χ2v) is 9.35. The molecule has 3 aromatic rings. The van der Waals surface area contributed by atoms with Crippen molar-refractivity contribution in [3.8, 4) is 28.0 Å². The lowest BCUT2D eigenvalue weighted by Gasteiger charge is -2.21. The van der Waals surface area contributed by atoms with E-state index in [0.29, 0.717) is 5.75 Å². The summed E-state index contributed by atoms with van der Waals surface area (Å²) in [7, 11) is 0. The predicted molar refractivity (Wildman–Crippen MR) is 116 cm³/mol.